The molecule has 20 heavy (non-hydrogen) atoms. The standard InChI is InChI=1S/C14H14N2O3S/c1-10-5-3-4-6-12(10)14-15-8-11(20-14)7-13(17)19-9-16-18-2/h3-6,8-9H,7H2,1-2H3. The van der Waals surface area contributed by atoms with E-state index in [-0.39, 0.29) is 6.42 Å². The molecule has 1 heterocycles. The highest BCUT2D eigenvalue weighted by Gasteiger charge is 2.10. The van der Waals surface area contributed by atoms with E-state index in [9.17, 15) is 4.79 Å². The lowest BCUT2D eigenvalue weighted by molar-refractivity contribution is -0.134. The molecule has 0 aliphatic rings. The van der Waals surface area contributed by atoms with Gasteiger partial charge in [-0.25, -0.2) is 4.98 Å². The van der Waals surface area contributed by atoms with E-state index in [1.165, 1.54) is 18.4 Å². The number of benzene rings is 1. The second-order valence-electron chi connectivity index (χ2n) is 4.01. The Balaban J connectivity index is 2.04. The van der Waals surface area contributed by atoms with Crippen molar-refractivity contribution in [3.05, 3.63) is 40.9 Å². The van der Waals surface area contributed by atoms with Crippen molar-refractivity contribution in [1.29, 1.82) is 0 Å². The maximum Gasteiger partial charge on any atom is 0.317 e. The first-order valence-corrected chi connectivity index (χ1v) is 6.77. The van der Waals surface area contributed by atoms with Gasteiger partial charge < -0.3 is 9.57 Å². The number of thiazole rings is 1. The van der Waals surface area contributed by atoms with E-state index < -0.39 is 5.97 Å². The minimum Gasteiger partial charge on any atom is -0.411 e. The number of rotatable bonds is 5. The smallest absolute Gasteiger partial charge is 0.317 e. The van der Waals surface area contributed by atoms with Crippen LogP contribution in [0.15, 0.2) is 35.6 Å². The minimum absolute atomic E-state index is 0.166. The van der Waals surface area contributed by atoms with Crippen molar-refractivity contribution in [2.75, 3.05) is 7.11 Å². The van der Waals surface area contributed by atoms with Gasteiger partial charge in [-0.2, -0.15) is 0 Å². The van der Waals surface area contributed by atoms with E-state index >= 15 is 0 Å². The number of nitrogens with zero attached hydrogens (tertiary/aromatic N) is 2. The lowest BCUT2D eigenvalue weighted by Gasteiger charge is -2.00. The summed E-state index contributed by atoms with van der Waals surface area (Å²) in [7, 11) is 1.38. The number of aromatic nitrogens is 1. The van der Waals surface area contributed by atoms with E-state index in [2.05, 4.69) is 15.0 Å². The van der Waals surface area contributed by atoms with E-state index in [0.717, 1.165) is 27.4 Å². The Hall–Kier alpha value is -2.21. The van der Waals surface area contributed by atoms with Crippen molar-refractivity contribution in [2.24, 2.45) is 5.16 Å². The molecule has 1 aromatic carbocycles. The second-order valence-corrected chi connectivity index (χ2v) is 5.12. The lowest BCUT2D eigenvalue weighted by atomic mass is 10.1. The fraction of sp³-hybridized carbons (Fsp3) is 0.214. The fourth-order valence-corrected chi connectivity index (χ4v) is 2.62. The van der Waals surface area contributed by atoms with Gasteiger partial charge in [-0.05, 0) is 12.5 Å². The van der Waals surface area contributed by atoms with Crippen LogP contribution in [-0.4, -0.2) is 24.5 Å². The van der Waals surface area contributed by atoms with Crippen LogP contribution in [0, 0.1) is 6.92 Å². The Morgan fingerprint density at radius 1 is 1.45 bits per heavy atom. The monoisotopic (exact) mass is 290 g/mol. The van der Waals surface area contributed by atoms with Crippen LogP contribution in [0.1, 0.15) is 10.4 Å². The Kier molecular flexibility index (Phi) is 4.84. The number of oxime groups is 1. The van der Waals surface area contributed by atoms with Gasteiger partial charge in [-0.3, -0.25) is 4.79 Å². The number of hydrogen-bond acceptors (Lipinski definition) is 6. The third-order valence-electron chi connectivity index (χ3n) is 2.58. The summed E-state index contributed by atoms with van der Waals surface area (Å²) in [5.74, 6) is -0.397. The summed E-state index contributed by atoms with van der Waals surface area (Å²) >= 11 is 1.48. The van der Waals surface area contributed by atoms with Crippen LogP contribution in [-0.2, 0) is 20.8 Å². The summed E-state index contributed by atoms with van der Waals surface area (Å²) in [4.78, 5) is 21.1. The molecule has 0 aliphatic heterocycles. The molecule has 2 aromatic rings. The van der Waals surface area contributed by atoms with E-state index in [0.29, 0.717) is 0 Å². The molecule has 0 spiro atoms. The first kappa shape index (κ1) is 14.2. The quantitative estimate of drug-likeness (QED) is 0.368. The summed E-state index contributed by atoms with van der Waals surface area (Å²) in [5, 5.41) is 4.24. The highest BCUT2D eigenvalue weighted by atomic mass is 32.1. The molecule has 0 saturated heterocycles. The van der Waals surface area contributed by atoms with Crippen LogP contribution in [0.4, 0.5) is 0 Å². The summed E-state index contributed by atoms with van der Waals surface area (Å²) in [5.41, 5.74) is 2.24. The zero-order valence-corrected chi connectivity index (χ0v) is 12.0. The first-order chi connectivity index (χ1) is 9.70. The molecule has 0 unspecified atom stereocenters. The zero-order valence-electron chi connectivity index (χ0n) is 11.2. The largest absolute Gasteiger partial charge is 0.411 e. The molecule has 6 heteroatoms. The summed E-state index contributed by atoms with van der Waals surface area (Å²) < 4.78 is 4.75. The van der Waals surface area contributed by atoms with Crippen molar-refractivity contribution in [2.45, 2.75) is 13.3 Å². The minimum atomic E-state index is -0.397. The van der Waals surface area contributed by atoms with Gasteiger partial charge in [0.15, 0.2) is 0 Å². The Morgan fingerprint density at radius 3 is 3.00 bits per heavy atom. The summed E-state index contributed by atoms with van der Waals surface area (Å²) in [6.07, 6.45) is 2.84. The average Bonchev–Trinajstić information content (AvgIpc) is 2.88. The molecule has 0 radical (unpaired) electrons. The number of aryl methyl sites for hydroxylation is 1. The third kappa shape index (κ3) is 3.64. The number of hydrogen-bond donors (Lipinski definition) is 0. The van der Waals surface area contributed by atoms with Crippen molar-refractivity contribution in [3.8, 4) is 10.6 Å². The molecule has 0 N–H and O–H groups in total. The predicted octanol–water partition coefficient (Wildman–Crippen LogP) is 2.79. The summed E-state index contributed by atoms with van der Waals surface area (Å²) in [6, 6.07) is 8.01. The molecule has 0 saturated carbocycles. The molecule has 0 atom stereocenters. The SMILES string of the molecule is CON=COC(=O)Cc1cnc(-c2ccccc2C)s1. The van der Waals surface area contributed by atoms with Gasteiger partial charge >= 0.3 is 5.97 Å². The Labute approximate surface area is 120 Å². The van der Waals surface area contributed by atoms with Gasteiger partial charge in [0, 0.05) is 16.6 Å². The van der Waals surface area contributed by atoms with Crippen molar-refractivity contribution in [3.63, 3.8) is 0 Å². The third-order valence-corrected chi connectivity index (χ3v) is 3.61. The maximum absolute atomic E-state index is 11.5. The van der Waals surface area contributed by atoms with Crippen LogP contribution < -0.4 is 0 Å². The van der Waals surface area contributed by atoms with Crippen LogP contribution in [0.25, 0.3) is 10.6 Å². The van der Waals surface area contributed by atoms with Gasteiger partial charge in [0.05, 0.1) is 6.42 Å². The van der Waals surface area contributed by atoms with Gasteiger partial charge in [-0.1, -0.05) is 29.4 Å². The molecule has 0 amide bonds. The van der Waals surface area contributed by atoms with Crippen molar-refractivity contribution >= 4 is 23.7 Å². The molecule has 2 rings (SSSR count). The second kappa shape index (κ2) is 6.81. The van der Waals surface area contributed by atoms with Gasteiger partial charge in [-0.15, -0.1) is 11.3 Å². The highest BCUT2D eigenvalue weighted by molar-refractivity contribution is 7.15. The lowest BCUT2D eigenvalue weighted by Crippen LogP contribution is -2.05. The molecule has 0 bridgehead atoms. The van der Waals surface area contributed by atoms with E-state index in [4.69, 9.17) is 4.74 Å². The zero-order chi connectivity index (χ0) is 14.4. The average molecular weight is 290 g/mol. The van der Waals surface area contributed by atoms with Crippen LogP contribution in [0.2, 0.25) is 0 Å². The van der Waals surface area contributed by atoms with Gasteiger partial charge in [0.1, 0.15) is 12.1 Å². The Morgan fingerprint density at radius 2 is 2.25 bits per heavy atom. The maximum atomic E-state index is 11.5. The molecule has 0 aliphatic carbocycles. The van der Waals surface area contributed by atoms with E-state index in [1.807, 2.05) is 31.2 Å². The van der Waals surface area contributed by atoms with Crippen molar-refractivity contribution in [1.82, 2.24) is 4.98 Å². The molecule has 0 fully saturated rings. The number of carbonyl (C=O) groups excluding carboxylic acids is 1. The van der Waals surface area contributed by atoms with Crippen LogP contribution in [0.5, 0.6) is 0 Å². The summed E-state index contributed by atoms with van der Waals surface area (Å²) in [6.45, 7) is 2.03. The highest BCUT2D eigenvalue weighted by Crippen LogP contribution is 2.27. The number of carbonyl (C=O) groups is 1. The molecular weight excluding hydrogens is 276 g/mol. The van der Waals surface area contributed by atoms with Gasteiger partial charge in [0.2, 0.25) is 6.40 Å². The predicted molar refractivity (Wildman–Crippen MR) is 77.6 cm³/mol. The number of esters is 1. The fourth-order valence-electron chi connectivity index (χ4n) is 1.63. The topological polar surface area (TPSA) is 60.8 Å². The van der Waals surface area contributed by atoms with Crippen LogP contribution >= 0.6 is 11.3 Å². The normalized spacial score (nSPS) is 10.7. The van der Waals surface area contributed by atoms with Crippen molar-refractivity contribution < 1.29 is 14.4 Å². The van der Waals surface area contributed by atoms with Gasteiger partial charge in [0.25, 0.3) is 0 Å². The van der Waals surface area contributed by atoms with Crippen LogP contribution in [0.3, 0.4) is 0 Å². The Bertz CT molecular complexity index is 622. The first-order valence-electron chi connectivity index (χ1n) is 5.96. The number of ether oxygens (including phenoxy) is 1. The van der Waals surface area contributed by atoms with E-state index in [1.54, 1.807) is 6.20 Å². The molecule has 1 aromatic heterocycles. The molecule has 104 valence electrons. The molecular formula is C14H14N2O3S. The molecule has 5 nitrogen and oxygen atoms in total.